The van der Waals surface area contributed by atoms with Crippen LogP contribution in [0.25, 0.3) is 0 Å². The van der Waals surface area contributed by atoms with E-state index in [9.17, 15) is 19.2 Å². The van der Waals surface area contributed by atoms with E-state index in [0.29, 0.717) is 12.8 Å². The average molecular weight is 266 g/mol. The van der Waals surface area contributed by atoms with Crippen molar-refractivity contribution in [2.45, 2.75) is 54.4 Å². The van der Waals surface area contributed by atoms with E-state index >= 15 is 0 Å². The molecule has 0 aliphatic heterocycles. The number of carbonyl (C=O) groups excluding carboxylic acids is 4. The summed E-state index contributed by atoms with van der Waals surface area (Å²) in [5.41, 5.74) is -3.24. The smallest absolute Gasteiger partial charge is 0.212 e. The predicted molar refractivity (Wildman–Crippen MR) is 70.6 cm³/mol. The third-order valence-electron chi connectivity index (χ3n) is 4.15. The third-order valence-corrected chi connectivity index (χ3v) is 4.15. The van der Waals surface area contributed by atoms with Crippen molar-refractivity contribution >= 4 is 23.1 Å². The number of hydrogen-bond donors (Lipinski definition) is 0. The lowest BCUT2D eigenvalue weighted by Gasteiger charge is -2.26. The third kappa shape index (κ3) is 2.53. The summed E-state index contributed by atoms with van der Waals surface area (Å²) in [5, 5.41) is 0. The van der Waals surface area contributed by atoms with Crippen LogP contribution in [0, 0.1) is 16.2 Å². The Bertz CT molecular complexity index is 425. The minimum Gasteiger partial charge on any atom is -0.290 e. The molecule has 0 N–H and O–H groups in total. The summed E-state index contributed by atoms with van der Waals surface area (Å²) in [6, 6.07) is 0. The van der Waals surface area contributed by atoms with E-state index in [1.807, 2.05) is 0 Å². The second-order valence-electron chi connectivity index (χ2n) is 7.21. The lowest BCUT2D eigenvalue weighted by molar-refractivity contribution is -0.153. The monoisotopic (exact) mass is 266 g/mol. The Balaban J connectivity index is 3.42. The first-order chi connectivity index (χ1) is 8.34. The van der Waals surface area contributed by atoms with Gasteiger partial charge in [0.1, 0.15) is 0 Å². The molecule has 4 heteroatoms. The Labute approximate surface area is 113 Å². The van der Waals surface area contributed by atoms with Gasteiger partial charge in [0.2, 0.25) is 23.1 Å². The van der Waals surface area contributed by atoms with Crippen molar-refractivity contribution in [1.82, 2.24) is 0 Å². The first kappa shape index (κ1) is 15.7. The minimum atomic E-state index is -1.56. The average Bonchev–Trinajstić information content (AvgIpc) is 2.32. The zero-order valence-corrected chi connectivity index (χ0v) is 12.5. The van der Waals surface area contributed by atoms with Crippen LogP contribution in [-0.2, 0) is 19.2 Å². The maximum atomic E-state index is 12.2. The molecule has 1 aliphatic rings. The largest absolute Gasteiger partial charge is 0.290 e. The van der Waals surface area contributed by atoms with Crippen LogP contribution in [0.2, 0.25) is 0 Å². The van der Waals surface area contributed by atoms with E-state index in [1.54, 1.807) is 27.7 Å². The Hall–Kier alpha value is -1.32. The van der Waals surface area contributed by atoms with Crippen LogP contribution in [0.15, 0.2) is 0 Å². The fraction of sp³-hybridized carbons (Fsp3) is 0.733. The van der Waals surface area contributed by atoms with Gasteiger partial charge in [-0.1, -0.05) is 27.7 Å². The summed E-state index contributed by atoms with van der Waals surface area (Å²) >= 11 is 0. The molecule has 0 heterocycles. The zero-order chi connectivity index (χ0) is 15.2. The Kier molecular flexibility index (Phi) is 3.61. The Morgan fingerprint density at radius 2 is 0.842 bits per heavy atom. The summed E-state index contributed by atoms with van der Waals surface area (Å²) in [4.78, 5) is 48.9. The summed E-state index contributed by atoms with van der Waals surface area (Å²) in [7, 11) is 0. The summed E-state index contributed by atoms with van der Waals surface area (Å²) < 4.78 is 0. The van der Waals surface area contributed by atoms with Crippen molar-refractivity contribution in [3.8, 4) is 0 Å². The molecule has 4 nitrogen and oxygen atoms in total. The van der Waals surface area contributed by atoms with Crippen LogP contribution < -0.4 is 0 Å². The van der Waals surface area contributed by atoms with Crippen molar-refractivity contribution in [2.24, 2.45) is 16.2 Å². The van der Waals surface area contributed by atoms with Gasteiger partial charge in [-0.15, -0.1) is 0 Å². The van der Waals surface area contributed by atoms with E-state index in [-0.39, 0.29) is 0 Å². The zero-order valence-electron chi connectivity index (χ0n) is 12.5. The first-order valence-corrected chi connectivity index (χ1v) is 6.52. The van der Waals surface area contributed by atoms with Gasteiger partial charge in [-0.05, 0) is 26.7 Å². The highest BCUT2D eigenvalue weighted by atomic mass is 16.2. The van der Waals surface area contributed by atoms with Gasteiger partial charge in [-0.25, -0.2) is 0 Å². The van der Waals surface area contributed by atoms with Gasteiger partial charge in [0.05, 0.1) is 5.41 Å². The molecule has 106 valence electrons. The SMILES string of the molecule is CC1(C)CCC(C)(C)C(=O)C(=O)C(C)(C)C(=O)C1=O. The molecule has 1 saturated carbocycles. The second-order valence-corrected chi connectivity index (χ2v) is 7.21. The van der Waals surface area contributed by atoms with Crippen LogP contribution in [0.3, 0.4) is 0 Å². The molecule has 0 amide bonds. The molecule has 1 fully saturated rings. The molecular formula is C15H22O4. The summed E-state index contributed by atoms with van der Waals surface area (Å²) in [6.45, 7) is 9.51. The standard InChI is InChI=1S/C15H22O4/c1-13(2)7-8-14(3,4)10(17)12(19)15(5,6)11(18)9(13)16/h7-8H2,1-6H3. The van der Waals surface area contributed by atoms with E-state index in [2.05, 4.69) is 0 Å². The highest BCUT2D eigenvalue weighted by molar-refractivity contribution is 6.53. The molecule has 1 aliphatic carbocycles. The Morgan fingerprint density at radius 1 is 0.579 bits per heavy atom. The van der Waals surface area contributed by atoms with Gasteiger partial charge < -0.3 is 0 Å². The molecule has 0 saturated heterocycles. The second kappa shape index (κ2) is 4.36. The fourth-order valence-corrected chi connectivity index (χ4v) is 2.14. The maximum Gasteiger partial charge on any atom is 0.212 e. The molecule has 19 heavy (non-hydrogen) atoms. The van der Waals surface area contributed by atoms with E-state index in [0.717, 1.165) is 0 Å². The number of ketones is 4. The maximum absolute atomic E-state index is 12.2. The van der Waals surface area contributed by atoms with Gasteiger partial charge in [0.15, 0.2) is 0 Å². The van der Waals surface area contributed by atoms with E-state index in [4.69, 9.17) is 0 Å². The number of Topliss-reactive ketones (excluding diaryl/α,β-unsaturated/α-hetero) is 4. The van der Waals surface area contributed by atoms with Crippen LogP contribution in [0.1, 0.15) is 54.4 Å². The highest BCUT2D eigenvalue weighted by Gasteiger charge is 2.51. The van der Waals surface area contributed by atoms with Crippen molar-refractivity contribution in [3.63, 3.8) is 0 Å². The molecule has 0 aromatic rings. The lowest BCUT2D eigenvalue weighted by Crippen LogP contribution is -2.46. The van der Waals surface area contributed by atoms with Gasteiger partial charge in [0, 0.05) is 10.8 Å². The number of hydrogen-bond acceptors (Lipinski definition) is 4. The highest BCUT2D eigenvalue weighted by Crippen LogP contribution is 2.38. The van der Waals surface area contributed by atoms with Crippen molar-refractivity contribution < 1.29 is 19.2 Å². The van der Waals surface area contributed by atoms with E-state index < -0.39 is 39.4 Å². The van der Waals surface area contributed by atoms with E-state index in [1.165, 1.54) is 13.8 Å². The fourth-order valence-electron chi connectivity index (χ4n) is 2.14. The van der Waals surface area contributed by atoms with Crippen molar-refractivity contribution in [1.29, 1.82) is 0 Å². The molecular weight excluding hydrogens is 244 g/mol. The molecule has 0 bridgehead atoms. The summed E-state index contributed by atoms with van der Waals surface area (Å²) in [5.74, 6) is -2.63. The van der Waals surface area contributed by atoms with Gasteiger partial charge in [0.25, 0.3) is 0 Å². The van der Waals surface area contributed by atoms with Gasteiger partial charge in [-0.2, -0.15) is 0 Å². The van der Waals surface area contributed by atoms with Crippen molar-refractivity contribution in [3.05, 3.63) is 0 Å². The first-order valence-electron chi connectivity index (χ1n) is 6.52. The van der Waals surface area contributed by atoms with Gasteiger partial charge in [-0.3, -0.25) is 19.2 Å². The topological polar surface area (TPSA) is 68.3 Å². The van der Waals surface area contributed by atoms with Crippen LogP contribution >= 0.6 is 0 Å². The molecule has 0 atom stereocenters. The van der Waals surface area contributed by atoms with Crippen LogP contribution in [0.4, 0.5) is 0 Å². The minimum absolute atomic E-state index is 0.416. The lowest BCUT2D eigenvalue weighted by atomic mass is 9.73. The number of carbonyl (C=O) groups is 4. The normalized spacial score (nSPS) is 26.6. The van der Waals surface area contributed by atoms with Crippen LogP contribution in [-0.4, -0.2) is 23.1 Å². The molecule has 0 aromatic heterocycles. The van der Waals surface area contributed by atoms with Crippen molar-refractivity contribution in [2.75, 3.05) is 0 Å². The number of rotatable bonds is 0. The molecule has 0 aromatic carbocycles. The summed E-state index contributed by atoms with van der Waals surface area (Å²) in [6.07, 6.45) is 0.833. The molecule has 0 radical (unpaired) electrons. The Morgan fingerprint density at radius 3 is 1.11 bits per heavy atom. The molecule has 0 spiro atoms. The van der Waals surface area contributed by atoms with Gasteiger partial charge >= 0.3 is 0 Å². The van der Waals surface area contributed by atoms with Crippen LogP contribution in [0.5, 0.6) is 0 Å². The molecule has 1 rings (SSSR count). The molecule has 0 unspecified atom stereocenters. The predicted octanol–water partition coefficient (Wildman–Crippen LogP) is 2.14. The quantitative estimate of drug-likeness (QED) is 0.497.